The summed E-state index contributed by atoms with van der Waals surface area (Å²) in [6, 6.07) is 7.44. The molecule has 2 rings (SSSR count). The number of benzene rings is 2. The number of carboxylic acids is 2. The van der Waals surface area contributed by atoms with Gasteiger partial charge in [0.2, 0.25) is 0 Å². The molecule has 0 amide bonds. The molecule has 0 fully saturated rings. The van der Waals surface area contributed by atoms with Gasteiger partial charge in [-0.3, -0.25) is 19.4 Å². The first kappa shape index (κ1) is 60.8. The normalized spacial score (nSPS) is 12.3. The predicted octanol–water partition coefficient (Wildman–Crippen LogP) is 15.0. The summed E-state index contributed by atoms with van der Waals surface area (Å²) in [5, 5.41) is 29.8. The number of hydrogen-bond donors (Lipinski definition) is 5. The van der Waals surface area contributed by atoms with Crippen molar-refractivity contribution in [3.63, 3.8) is 0 Å². The number of phosphoric ester groups is 1. The summed E-state index contributed by atoms with van der Waals surface area (Å²) >= 11 is 1.50. The Kier molecular flexibility index (Phi) is 28.4. The molecule has 0 spiro atoms. The van der Waals surface area contributed by atoms with E-state index >= 15 is 0 Å². The van der Waals surface area contributed by atoms with E-state index in [0.29, 0.717) is 29.7 Å². The van der Waals surface area contributed by atoms with Gasteiger partial charge < -0.3 is 19.8 Å². The second-order valence-electron chi connectivity index (χ2n) is 21.6. The maximum atomic E-state index is 11.5. The molecule has 0 bridgehead atoms. The van der Waals surface area contributed by atoms with Gasteiger partial charge in [-0.2, -0.15) is 0 Å². The molecule has 63 heavy (non-hydrogen) atoms. The van der Waals surface area contributed by atoms with Crippen molar-refractivity contribution in [3.05, 3.63) is 57.6 Å². The number of carbonyl (C=O) groups is 2. The Bertz CT molecular complexity index is 1580. The van der Waals surface area contributed by atoms with Crippen molar-refractivity contribution < 1.29 is 62.1 Å². The fourth-order valence-electron chi connectivity index (χ4n) is 7.37. The van der Waals surface area contributed by atoms with Gasteiger partial charge in [0.15, 0.2) is 0 Å². The number of carboxylic acid groups (broad SMARTS) is 2. The standard InChI is InChI=1S/C18H37.C17H27O6P.C17H26O3.Zn/c1-3-5-7-9-11-13-15-17-18-16-14-12-10-8-6-4-2;1-16(2,3)12-9-11(7-8-14(18)19)10-13(17(4,5)6)15(12)23-24(20,21)22;1-16(2,3)12-9-11(7-8-14(18)19)10-13(15(12)20)17(4,5)6;/h1,3-18H2,2H3;9-10H,7-8H2,1-6H3,(H,18,19)(H2,20,21,22);9-10,20H,7-8H2,1-6H3,(H,18,19);. The number of aliphatic carboxylic acids is 2. The van der Waals surface area contributed by atoms with Crippen LogP contribution in [0.2, 0.25) is 5.02 Å². The van der Waals surface area contributed by atoms with Crippen molar-refractivity contribution in [2.45, 2.75) is 245 Å². The van der Waals surface area contributed by atoms with E-state index in [0.717, 1.165) is 22.3 Å². The Hall–Kier alpha value is -2.25. The first-order valence-corrected chi connectivity index (χ1v) is 27.6. The Morgan fingerprint density at radius 2 is 0.794 bits per heavy atom. The Morgan fingerprint density at radius 1 is 0.524 bits per heavy atom. The molecule has 11 heteroatoms. The van der Waals surface area contributed by atoms with Gasteiger partial charge in [0, 0.05) is 24.0 Å². The molecular weight excluding hydrogens is 865 g/mol. The molecule has 0 unspecified atom stereocenters. The number of phenols is 1. The summed E-state index contributed by atoms with van der Waals surface area (Å²) in [7, 11) is -4.72. The number of phosphoric acid groups is 1. The summed E-state index contributed by atoms with van der Waals surface area (Å²) in [4.78, 5) is 40.2. The van der Waals surface area contributed by atoms with E-state index in [-0.39, 0.29) is 29.4 Å². The maximum absolute atomic E-state index is 11.5. The van der Waals surface area contributed by atoms with Crippen molar-refractivity contribution in [3.8, 4) is 11.5 Å². The van der Waals surface area contributed by atoms with E-state index in [9.17, 15) is 29.0 Å². The van der Waals surface area contributed by atoms with Crippen LogP contribution in [0.4, 0.5) is 0 Å². The van der Waals surface area contributed by atoms with E-state index in [4.69, 9.17) is 14.7 Å². The molecule has 0 saturated carbocycles. The average Bonchev–Trinajstić information content (AvgIpc) is 3.13. The van der Waals surface area contributed by atoms with E-state index < -0.39 is 30.6 Å². The Labute approximate surface area is 394 Å². The Balaban J connectivity index is 0.000000924. The quantitative estimate of drug-likeness (QED) is 0.0392. The van der Waals surface area contributed by atoms with Gasteiger partial charge in [0.05, 0.1) is 0 Å². The van der Waals surface area contributed by atoms with Gasteiger partial charge in [0.25, 0.3) is 0 Å². The minimum atomic E-state index is -4.72. The molecule has 0 aliphatic rings. The van der Waals surface area contributed by atoms with Crippen LogP contribution in [0.1, 0.15) is 239 Å². The number of phenolic OH excluding ortho intramolecular Hbond substituents is 1. The second-order valence-corrected chi connectivity index (χ2v) is 24.2. The zero-order valence-corrected chi connectivity index (χ0v) is 46.0. The molecule has 0 aliphatic heterocycles. The molecular formula is C52H90O9PZn. The summed E-state index contributed by atoms with van der Waals surface area (Å²) < 4.78 is 16.5. The van der Waals surface area contributed by atoms with Gasteiger partial charge in [-0.25, -0.2) is 4.57 Å². The number of rotatable bonds is 24. The van der Waals surface area contributed by atoms with Crippen LogP contribution in [-0.2, 0) is 67.0 Å². The number of aromatic hydroxyl groups is 1. The number of aryl methyl sites for hydroxylation is 2. The fourth-order valence-corrected chi connectivity index (χ4v) is 8.55. The van der Waals surface area contributed by atoms with Crippen LogP contribution < -0.4 is 4.52 Å². The van der Waals surface area contributed by atoms with Crippen molar-refractivity contribution in [2.24, 2.45) is 0 Å². The molecule has 0 aromatic heterocycles. The van der Waals surface area contributed by atoms with Gasteiger partial charge >= 0.3 is 114 Å². The van der Waals surface area contributed by atoms with Crippen molar-refractivity contribution in [1.29, 1.82) is 0 Å². The Morgan fingerprint density at radius 3 is 1.03 bits per heavy atom. The molecule has 2 aromatic rings. The van der Waals surface area contributed by atoms with Crippen LogP contribution in [0.15, 0.2) is 24.3 Å². The average molecular weight is 956 g/mol. The van der Waals surface area contributed by atoms with Crippen LogP contribution in [0, 0.1) is 0 Å². The monoisotopic (exact) mass is 954 g/mol. The van der Waals surface area contributed by atoms with Crippen molar-refractivity contribution in [2.75, 3.05) is 0 Å². The second kappa shape index (κ2) is 29.4. The SMILES string of the molecule is CC(C)(C)c1cc(CCC(=O)O)cc(C(C)(C)C)c1O.CC(C)(C)c1cc(CCC(=O)O)cc(C(C)(C)C)c1OP(=O)(O)O.CCCCCCCCCCCCCCCCC[CH2][Zn]. The summed E-state index contributed by atoms with van der Waals surface area (Å²) in [5.41, 5.74) is 3.64. The third-order valence-corrected chi connectivity index (χ3v) is 12.6. The zero-order valence-electron chi connectivity index (χ0n) is 42.2. The van der Waals surface area contributed by atoms with Gasteiger partial charge in [-0.1, -0.05) is 146 Å². The van der Waals surface area contributed by atoms with Crippen LogP contribution in [0.5, 0.6) is 11.5 Å². The molecule has 0 aliphatic carbocycles. The molecule has 0 atom stereocenters. The molecule has 2 aromatic carbocycles. The molecule has 359 valence electrons. The van der Waals surface area contributed by atoms with Crippen LogP contribution in [0.3, 0.4) is 0 Å². The van der Waals surface area contributed by atoms with E-state index in [1.165, 1.54) is 126 Å². The molecule has 9 nitrogen and oxygen atoms in total. The third kappa shape index (κ3) is 27.7. The molecule has 0 saturated heterocycles. The first-order chi connectivity index (χ1) is 28.9. The fraction of sp³-hybridized carbons (Fsp3) is 0.731. The topological polar surface area (TPSA) is 162 Å². The van der Waals surface area contributed by atoms with Crippen LogP contribution >= 0.6 is 7.82 Å². The molecule has 0 heterocycles. The zero-order chi connectivity index (χ0) is 48.7. The van der Waals surface area contributed by atoms with E-state index in [1.807, 2.05) is 53.7 Å². The van der Waals surface area contributed by atoms with Crippen LogP contribution in [0.25, 0.3) is 0 Å². The predicted molar refractivity (Wildman–Crippen MR) is 258 cm³/mol. The van der Waals surface area contributed by atoms with Gasteiger partial charge in [0.1, 0.15) is 11.5 Å². The molecule has 0 radical (unpaired) electrons. The van der Waals surface area contributed by atoms with Crippen LogP contribution in [-0.4, -0.2) is 37.0 Å². The molecule has 5 N–H and O–H groups in total. The third-order valence-electron chi connectivity index (χ3n) is 11.1. The van der Waals surface area contributed by atoms with E-state index in [1.54, 1.807) is 12.1 Å². The number of hydrogen-bond acceptors (Lipinski definition) is 5. The van der Waals surface area contributed by atoms with Gasteiger partial charge in [-0.15, -0.1) is 0 Å². The minimum absolute atomic E-state index is 0.00807. The van der Waals surface area contributed by atoms with Crippen molar-refractivity contribution >= 4 is 19.8 Å². The van der Waals surface area contributed by atoms with E-state index in [2.05, 4.69) is 48.5 Å². The number of unbranched alkanes of at least 4 members (excludes halogenated alkanes) is 15. The summed E-state index contributed by atoms with van der Waals surface area (Å²) in [6.45, 7) is 26.1. The summed E-state index contributed by atoms with van der Waals surface area (Å²) in [6.07, 6.45) is 24.6. The summed E-state index contributed by atoms with van der Waals surface area (Å²) in [5.74, 6) is -1.17. The van der Waals surface area contributed by atoms with Gasteiger partial charge in [-0.05, 0) is 56.8 Å². The van der Waals surface area contributed by atoms with Crippen molar-refractivity contribution in [1.82, 2.24) is 0 Å². The first-order valence-electron chi connectivity index (χ1n) is 24.0.